The van der Waals surface area contributed by atoms with Gasteiger partial charge in [0.2, 0.25) is 0 Å². The third kappa shape index (κ3) is 2.35. The van der Waals surface area contributed by atoms with E-state index in [1.807, 2.05) is 0 Å². The second kappa shape index (κ2) is 3.31. The van der Waals surface area contributed by atoms with Crippen molar-refractivity contribution >= 4 is 22.2 Å². The van der Waals surface area contributed by atoms with Gasteiger partial charge < -0.3 is 9.90 Å². The first kappa shape index (κ1) is 6.11. The maximum absolute atomic E-state index is 9.53. The first-order valence-electron chi connectivity index (χ1n) is 1.51. The van der Waals surface area contributed by atoms with Crippen LogP contribution in [0.5, 0.6) is 0 Å². The smallest absolute Gasteiger partial charge is 0.135 e. The van der Waals surface area contributed by atoms with Crippen molar-refractivity contribution in [3.63, 3.8) is 0 Å². The Balaban J connectivity index is 2.96. The molecular weight excluding hydrogens is 148 g/mol. The van der Waals surface area contributed by atoms with E-state index in [9.17, 15) is 4.79 Å². The first-order chi connectivity index (χ1) is 2.81. The number of aliphatic hydroxyl groups is 1. The summed E-state index contributed by atoms with van der Waals surface area (Å²) in [6, 6.07) is 0. The molecule has 2 nitrogen and oxygen atoms in total. The molecular formula is C3H5BrO2. The van der Waals surface area contributed by atoms with Gasteiger partial charge in [-0.1, -0.05) is 15.9 Å². The Morgan fingerprint density at radius 2 is 2.50 bits per heavy atom. The van der Waals surface area contributed by atoms with Gasteiger partial charge >= 0.3 is 0 Å². The van der Waals surface area contributed by atoms with Gasteiger partial charge in [0.15, 0.2) is 0 Å². The molecule has 0 aliphatic heterocycles. The standard InChI is InChI=1S/C3H5BrO2/c4-3(1-5)2-6/h1,3,6H,2H2. The van der Waals surface area contributed by atoms with Crippen LogP contribution >= 0.6 is 15.9 Å². The number of carbonyl (C=O) groups excluding carboxylic acids is 1. The Morgan fingerprint density at radius 3 is 2.50 bits per heavy atom. The third-order valence-electron chi connectivity index (χ3n) is 0.322. The van der Waals surface area contributed by atoms with E-state index in [1.54, 1.807) is 0 Å². The lowest BCUT2D eigenvalue weighted by molar-refractivity contribution is -0.107. The van der Waals surface area contributed by atoms with Gasteiger partial charge in [0.25, 0.3) is 0 Å². The fourth-order valence-corrected chi connectivity index (χ4v) is 0.0430. The average Bonchev–Trinajstić information content (AvgIpc) is 1.65. The Labute approximate surface area is 44.3 Å². The van der Waals surface area contributed by atoms with Crippen LogP contribution in [-0.4, -0.2) is 22.8 Å². The molecule has 0 amide bonds. The lowest BCUT2D eigenvalue weighted by atomic mass is 10.5. The molecule has 6 heavy (non-hydrogen) atoms. The Morgan fingerprint density at radius 1 is 2.00 bits per heavy atom. The second-order valence-corrected chi connectivity index (χ2v) is 2.01. The van der Waals surface area contributed by atoms with Crippen molar-refractivity contribution in [2.24, 2.45) is 0 Å². The first-order valence-corrected chi connectivity index (χ1v) is 2.43. The molecule has 0 spiro atoms. The Hall–Kier alpha value is 0.110. The van der Waals surface area contributed by atoms with Gasteiger partial charge in [0, 0.05) is 0 Å². The molecule has 0 saturated heterocycles. The number of carbonyl (C=O) groups is 1. The predicted octanol–water partition coefficient (Wildman–Crippen LogP) is -0.0589. The van der Waals surface area contributed by atoms with Gasteiger partial charge in [-0.05, 0) is 0 Å². The summed E-state index contributed by atoms with van der Waals surface area (Å²) >= 11 is 2.86. The molecule has 3 heteroatoms. The van der Waals surface area contributed by atoms with Gasteiger partial charge in [-0.15, -0.1) is 0 Å². The summed E-state index contributed by atoms with van der Waals surface area (Å²) in [7, 11) is 0. The third-order valence-corrected chi connectivity index (χ3v) is 0.827. The van der Waals surface area contributed by atoms with E-state index in [0.29, 0.717) is 6.29 Å². The van der Waals surface area contributed by atoms with E-state index < -0.39 is 0 Å². The number of aliphatic hydroxyl groups excluding tert-OH is 1. The van der Waals surface area contributed by atoms with Gasteiger partial charge in [0.1, 0.15) is 6.29 Å². The number of alkyl halides is 1. The quantitative estimate of drug-likeness (QED) is 0.445. The summed E-state index contributed by atoms with van der Waals surface area (Å²) in [5.41, 5.74) is 0. The van der Waals surface area contributed by atoms with E-state index in [1.165, 1.54) is 0 Å². The SMILES string of the molecule is O=CC(Br)CO. The summed E-state index contributed by atoms with van der Waals surface area (Å²) in [6.07, 6.45) is 0.639. The normalized spacial score (nSPS) is 13.7. The molecule has 0 fully saturated rings. The summed E-state index contributed by atoms with van der Waals surface area (Å²) in [5, 5.41) is 8.06. The number of hydrogen-bond acceptors (Lipinski definition) is 2. The van der Waals surface area contributed by atoms with Crippen molar-refractivity contribution < 1.29 is 9.90 Å². The summed E-state index contributed by atoms with van der Waals surface area (Å²) in [5.74, 6) is 0. The van der Waals surface area contributed by atoms with E-state index in [2.05, 4.69) is 15.9 Å². The molecule has 0 aromatic carbocycles. The lowest BCUT2D eigenvalue weighted by Crippen LogP contribution is -2.03. The Kier molecular flexibility index (Phi) is 3.37. The number of rotatable bonds is 2. The fourth-order valence-electron chi connectivity index (χ4n) is 0.0430. The second-order valence-electron chi connectivity index (χ2n) is 0.835. The van der Waals surface area contributed by atoms with Crippen LogP contribution in [0.3, 0.4) is 0 Å². The molecule has 1 atom stereocenters. The number of hydrogen-bond donors (Lipinski definition) is 1. The number of aldehydes is 1. The minimum atomic E-state index is -0.377. The summed E-state index contributed by atoms with van der Waals surface area (Å²) in [4.78, 5) is 9.15. The van der Waals surface area contributed by atoms with Gasteiger partial charge in [0.05, 0.1) is 11.4 Å². The highest BCUT2D eigenvalue weighted by atomic mass is 79.9. The molecule has 0 aromatic rings. The van der Waals surface area contributed by atoms with Gasteiger partial charge in [-0.3, -0.25) is 0 Å². The maximum Gasteiger partial charge on any atom is 0.135 e. The van der Waals surface area contributed by atoms with E-state index in [0.717, 1.165) is 0 Å². The van der Waals surface area contributed by atoms with Gasteiger partial charge in [-0.2, -0.15) is 0 Å². The van der Waals surface area contributed by atoms with E-state index >= 15 is 0 Å². The zero-order valence-electron chi connectivity index (χ0n) is 3.10. The van der Waals surface area contributed by atoms with Crippen LogP contribution < -0.4 is 0 Å². The van der Waals surface area contributed by atoms with Crippen LogP contribution in [0.15, 0.2) is 0 Å². The molecule has 0 heterocycles. The largest absolute Gasteiger partial charge is 0.395 e. The van der Waals surface area contributed by atoms with Crippen LogP contribution in [0.25, 0.3) is 0 Å². The topological polar surface area (TPSA) is 37.3 Å². The molecule has 0 aliphatic carbocycles. The summed E-state index contributed by atoms with van der Waals surface area (Å²) < 4.78 is 0. The monoisotopic (exact) mass is 152 g/mol. The highest BCUT2D eigenvalue weighted by molar-refractivity contribution is 9.10. The molecule has 0 radical (unpaired) electrons. The number of halogens is 1. The zero-order valence-corrected chi connectivity index (χ0v) is 4.68. The molecule has 0 rings (SSSR count). The van der Waals surface area contributed by atoms with Crippen molar-refractivity contribution in [2.75, 3.05) is 6.61 Å². The maximum atomic E-state index is 9.53. The van der Waals surface area contributed by atoms with Crippen LogP contribution in [0.2, 0.25) is 0 Å². The highest BCUT2D eigenvalue weighted by Crippen LogP contribution is 1.89. The molecule has 1 unspecified atom stereocenters. The van der Waals surface area contributed by atoms with Crippen molar-refractivity contribution in [1.82, 2.24) is 0 Å². The van der Waals surface area contributed by atoms with E-state index in [-0.39, 0.29) is 11.4 Å². The molecule has 36 valence electrons. The molecule has 0 saturated carbocycles. The molecule has 0 bridgehead atoms. The van der Waals surface area contributed by atoms with Crippen LogP contribution in [0, 0.1) is 0 Å². The minimum absolute atomic E-state index is 0.122. The minimum Gasteiger partial charge on any atom is -0.395 e. The van der Waals surface area contributed by atoms with Crippen LogP contribution in [0.1, 0.15) is 0 Å². The van der Waals surface area contributed by atoms with Crippen LogP contribution in [0.4, 0.5) is 0 Å². The van der Waals surface area contributed by atoms with Crippen molar-refractivity contribution in [3.05, 3.63) is 0 Å². The van der Waals surface area contributed by atoms with Crippen molar-refractivity contribution in [2.45, 2.75) is 4.83 Å². The van der Waals surface area contributed by atoms with Gasteiger partial charge in [-0.25, -0.2) is 0 Å². The summed E-state index contributed by atoms with van der Waals surface area (Å²) in [6.45, 7) is -0.122. The average molecular weight is 153 g/mol. The highest BCUT2D eigenvalue weighted by Gasteiger charge is 1.93. The predicted molar refractivity (Wildman–Crippen MR) is 25.9 cm³/mol. The fraction of sp³-hybridized carbons (Fsp3) is 0.667. The molecule has 0 aromatic heterocycles. The lowest BCUT2D eigenvalue weighted by Gasteiger charge is -1.86. The molecule has 0 aliphatic rings. The van der Waals surface area contributed by atoms with Crippen LogP contribution in [-0.2, 0) is 4.79 Å². The van der Waals surface area contributed by atoms with Crippen molar-refractivity contribution in [3.8, 4) is 0 Å². The van der Waals surface area contributed by atoms with E-state index in [4.69, 9.17) is 5.11 Å². The zero-order chi connectivity index (χ0) is 4.99. The molecule has 1 N–H and O–H groups in total. The Bertz CT molecular complexity index is 46.1. The van der Waals surface area contributed by atoms with Crippen molar-refractivity contribution in [1.29, 1.82) is 0 Å².